The van der Waals surface area contributed by atoms with Gasteiger partial charge < -0.3 is 19.7 Å². The zero-order chi connectivity index (χ0) is 17.8. The van der Waals surface area contributed by atoms with Crippen LogP contribution in [0, 0.1) is 0 Å². The van der Waals surface area contributed by atoms with Gasteiger partial charge in [-0.1, -0.05) is 23.7 Å². The van der Waals surface area contributed by atoms with Crippen molar-refractivity contribution in [3.8, 4) is 11.5 Å². The van der Waals surface area contributed by atoms with Crippen LogP contribution in [0.2, 0.25) is 5.02 Å². The van der Waals surface area contributed by atoms with Crippen LogP contribution >= 0.6 is 11.6 Å². The van der Waals surface area contributed by atoms with Crippen LogP contribution in [0.4, 0.5) is 5.69 Å². The molecule has 1 N–H and O–H groups in total. The first-order chi connectivity index (χ1) is 12.1. The van der Waals surface area contributed by atoms with E-state index in [-0.39, 0.29) is 11.9 Å². The van der Waals surface area contributed by atoms with Gasteiger partial charge in [0.1, 0.15) is 17.5 Å². The maximum atomic E-state index is 12.7. The monoisotopic (exact) mass is 360 g/mol. The second kappa shape index (κ2) is 7.66. The van der Waals surface area contributed by atoms with Gasteiger partial charge in [0.25, 0.3) is 0 Å². The average Bonchev–Trinajstić information content (AvgIpc) is 2.96. The van der Waals surface area contributed by atoms with E-state index in [2.05, 4.69) is 5.32 Å². The van der Waals surface area contributed by atoms with Crippen LogP contribution < -0.4 is 14.8 Å². The molecule has 5 nitrogen and oxygen atoms in total. The smallest absolute Gasteiger partial charge is 0.245 e. The molecule has 6 heteroatoms. The third-order valence-corrected chi connectivity index (χ3v) is 4.56. The Hall–Kier alpha value is -2.40. The summed E-state index contributed by atoms with van der Waals surface area (Å²) in [5, 5.41) is 3.87. The lowest BCUT2D eigenvalue weighted by molar-refractivity contribution is -0.128. The van der Waals surface area contributed by atoms with Crippen molar-refractivity contribution >= 4 is 23.2 Å². The highest BCUT2D eigenvalue weighted by Crippen LogP contribution is 2.30. The first-order valence-electron chi connectivity index (χ1n) is 8.12. The van der Waals surface area contributed by atoms with Gasteiger partial charge in [0.15, 0.2) is 0 Å². The molecule has 1 heterocycles. The molecule has 0 bridgehead atoms. The molecular formula is C19H21ClN2O3. The number of rotatable bonds is 6. The SMILES string of the molecule is COc1ccc(CN2CCC(Nc3cc(Cl)ccc3OC)C2=O)cc1. The molecule has 1 aliphatic rings. The van der Waals surface area contributed by atoms with Gasteiger partial charge in [-0.3, -0.25) is 4.79 Å². The standard InChI is InChI=1S/C19H21ClN2O3/c1-24-15-6-3-13(4-7-15)12-22-10-9-16(19(22)23)21-17-11-14(20)5-8-18(17)25-2/h3-8,11,16,21H,9-10,12H2,1-2H3. The average molecular weight is 361 g/mol. The molecule has 0 radical (unpaired) electrons. The van der Waals surface area contributed by atoms with Crippen molar-refractivity contribution in [1.82, 2.24) is 4.90 Å². The molecule has 2 aromatic rings. The molecule has 1 atom stereocenters. The maximum Gasteiger partial charge on any atom is 0.245 e. The molecule has 1 unspecified atom stereocenters. The molecule has 1 saturated heterocycles. The number of hydrogen-bond donors (Lipinski definition) is 1. The van der Waals surface area contributed by atoms with Crippen molar-refractivity contribution in [2.75, 3.05) is 26.1 Å². The Labute approximate surface area is 152 Å². The molecule has 1 aliphatic heterocycles. The van der Waals surface area contributed by atoms with Crippen molar-refractivity contribution in [2.24, 2.45) is 0 Å². The number of hydrogen-bond acceptors (Lipinski definition) is 4. The molecule has 1 fully saturated rings. The highest BCUT2D eigenvalue weighted by Gasteiger charge is 2.32. The number of nitrogens with zero attached hydrogens (tertiary/aromatic N) is 1. The van der Waals surface area contributed by atoms with Crippen LogP contribution in [0.3, 0.4) is 0 Å². The van der Waals surface area contributed by atoms with Crippen molar-refractivity contribution in [1.29, 1.82) is 0 Å². The number of halogens is 1. The second-order valence-electron chi connectivity index (χ2n) is 5.94. The summed E-state index contributed by atoms with van der Waals surface area (Å²) in [6, 6.07) is 12.8. The Bertz CT molecular complexity index is 749. The van der Waals surface area contributed by atoms with Crippen LogP contribution in [0.25, 0.3) is 0 Å². The molecule has 0 saturated carbocycles. The summed E-state index contributed by atoms with van der Waals surface area (Å²) in [5.74, 6) is 1.56. The fourth-order valence-electron chi connectivity index (χ4n) is 2.96. The largest absolute Gasteiger partial charge is 0.497 e. The number of benzene rings is 2. The Balaban J connectivity index is 1.66. The molecule has 0 spiro atoms. The molecular weight excluding hydrogens is 340 g/mol. The fraction of sp³-hybridized carbons (Fsp3) is 0.316. The van der Waals surface area contributed by atoms with E-state index in [1.54, 1.807) is 32.4 Å². The minimum absolute atomic E-state index is 0.0813. The first-order valence-corrected chi connectivity index (χ1v) is 8.50. The van der Waals surface area contributed by atoms with E-state index in [0.29, 0.717) is 23.9 Å². The predicted molar refractivity (Wildman–Crippen MR) is 98.4 cm³/mol. The zero-order valence-corrected chi connectivity index (χ0v) is 15.0. The lowest BCUT2D eigenvalue weighted by Gasteiger charge is -2.19. The predicted octanol–water partition coefficient (Wildman–Crippen LogP) is 3.57. The number of methoxy groups -OCH3 is 2. The molecule has 2 aromatic carbocycles. The number of carbonyl (C=O) groups is 1. The number of anilines is 1. The van der Waals surface area contributed by atoms with Crippen molar-refractivity contribution in [2.45, 2.75) is 19.0 Å². The molecule has 1 amide bonds. The molecule has 132 valence electrons. The Morgan fingerprint density at radius 3 is 2.60 bits per heavy atom. The normalized spacial score (nSPS) is 16.8. The number of likely N-dealkylation sites (tertiary alicyclic amines) is 1. The summed E-state index contributed by atoms with van der Waals surface area (Å²) in [6.45, 7) is 1.30. The molecule has 25 heavy (non-hydrogen) atoms. The summed E-state index contributed by atoms with van der Waals surface area (Å²) in [6.07, 6.45) is 0.741. The van der Waals surface area contributed by atoms with Crippen LogP contribution in [0.15, 0.2) is 42.5 Å². The summed E-state index contributed by atoms with van der Waals surface area (Å²) in [5.41, 5.74) is 1.81. The van der Waals surface area contributed by atoms with Crippen molar-refractivity contribution in [3.05, 3.63) is 53.1 Å². The van der Waals surface area contributed by atoms with Crippen LogP contribution in [-0.2, 0) is 11.3 Å². The number of amides is 1. The molecule has 0 aromatic heterocycles. The number of carbonyl (C=O) groups excluding carboxylic acids is 1. The Morgan fingerprint density at radius 2 is 1.92 bits per heavy atom. The van der Waals surface area contributed by atoms with E-state index in [1.807, 2.05) is 29.2 Å². The minimum Gasteiger partial charge on any atom is -0.497 e. The first kappa shape index (κ1) is 17.4. The quantitative estimate of drug-likeness (QED) is 0.855. The van der Waals surface area contributed by atoms with E-state index in [4.69, 9.17) is 21.1 Å². The van der Waals surface area contributed by atoms with Crippen molar-refractivity contribution in [3.63, 3.8) is 0 Å². The van der Waals surface area contributed by atoms with Crippen LogP contribution in [-0.4, -0.2) is 37.6 Å². The highest BCUT2D eigenvalue weighted by molar-refractivity contribution is 6.30. The van der Waals surface area contributed by atoms with Gasteiger partial charge in [-0.15, -0.1) is 0 Å². The van der Waals surface area contributed by atoms with Crippen LogP contribution in [0.1, 0.15) is 12.0 Å². The lowest BCUT2D eigenvalue weighted by atomic mass is 10.2. The summed E-state index contributed by atoms with van der Waals surface area (Å²) in [4.78, 5) is 14.5. The summed E-state index contributed by atoms with van der Waals surface area (Å²) >= 11 is 6.06. The topological polar surface area (TPSA) is 50.8 Å². The third-order valence-electron chi connectivity index (χ3n) is 4.32. The molecule has 0 aliphatic carbocycles. The summed E-state index contributed by atoms with van der Waals surface area (Å²) in [7, 11) is 3.24. The number of ether oxygens (including phenoxy) is 2. The van der Waals surface area contributed by atoms with Gasteiger partial charge >= 0.3 is 0 Å². The van der Waals surface area contributed by atoms with E-state index in [1.165, 1.54) is 0 Å². The zero-order valence-electron chi connectivity index (χ0n) is 14.3. The van der Waals surface area contributed by atoms with Crippen LogP contribution in [0.5, 0.6) is 11.5 Å². The van der Waals surface area contributed by atoms with E-state index in [9.17, 15) is 4.79 Å². The van der Waals surface area contributed by atoms with E-state index < -0.39 is 0 Å². The van der Waals surface area contributed by atoms with Gasteiger partial charge in [-0.25, -0.2) is 0 Å². The van der Waals surface area contributed by atoms with Gasteiger partial charge in [0, 0.05) is 18.1 Å². The highest BCUT2D eigenvalue weighted by atomic mass is 35.5. The lowest BCUT2D eigenvalue weighted by Crippen LogP contribution is -2.33. The number of nitrogens with one attached hydrogen (secondary N) is 1. The second-order valence-corrected chi connectivity index (χ2v) is 6.37. The van der Waals surface area contributed by atoms with E-state index >= 15 is 0 Å². The third kappa shape index (κ3) is 3.99. The molecule has 3 rings (SSSR count). The van der Waals surface area contributed by atoms with E-state index in [0.717, 1.165) is 23.4 Å². The van der Waals surface area contributed by atoms with Crippen molar-refractivity contribution < 1.29 is 14.3 Å². The Morgan fingerprint density at radius 1 is 1.16 bits per heavy atom. The minimum atomic E-state index is -0.273. The summed E-state index contributed by atoms with van der Waals surface area (Å²) < 4.78 is 10.5. The van der Waals surface area contributed by atoms with Gasteiger partial charge in [0.2, 0.25) is 5.91 Å². The van der Waals surface area contributed by atoms with Gasteiger partial charge in [-0.2, -0.15) is 0 Å². The van der Waals surface area contributed by atoms with Gasteiger partial charge in [0.05, 0.1) is 19.9 Å². The van der Waals surface area contributed by atoms with Gasteiger partial charge in [-0.05, 0) is 42.3 Å². The fourth-order valence-corrected chi connectivity index (χ4v) is 3.13. The maximum absolute atomic E-state index is 12.7. The Kier molecular flexibility index (Phi) is 5.34.